The monoisotopic (exact) mass is 267 g/mol. The summed E-state index contributed by atoms with van der Waals surface area (Å²) < 4.78 is 0. The van der Waals surface area contributed by atoms with Gasteiger partial charge in [-0.15, -0.1) is 0 Å². The Kier molecular flexibility index (Phi) is 3.09. The summed E-state index contributed by atoms with van der Waals surface area (Å²) in [5.74, 6) is 0. The van der Waals surface area contributed by atoms with E-state index in [4.69, 9.17) is 5.73 Å². The number of hydrogen-bond donors (Lipinski definition) is 1. The van der Waals surface area contributed by atoms with Crippen LogP contribution in [0.5, 0.6) is 0 Å². The van der Waals surface area contributed by atoms with Gasteiger partial charge in [0.25, 0.3) is 0 Å². The van der Waals surface area contributed by atoms with Gasteiger partial charge in [-0.1, -0.05) is 29.5 Å². The predicted octanol–water partition coefficient (Wildman–Crippen LogP) is 3.67. The molecular formula is C15H13N3S. The molecule has 0 saturated heterocycles. The van der Waals surface area contributed by atoms with E-state index in [0.29, 0.717) is 0 Å². The Labute approximate surface area is 115 Å². The van der Waals surface area contributed by atoms with Crippen LogP contribution in [0, 0.1) is 6.92 Å². The molecule has 0 amide bonds. The summed E-state index contributed by atoms with van der Waals surface area (Å²) in [6, 6.07) is 14.1. The van der Waals surface area contributed by atoms with E-state index in [9.17, 15) is 0 Å². The zero-order valence-electron chi connectivity index (χ0n) is 10.5. The first kappa shape index (κ1) is 12.0. The zero-order valence-corrected chi connectivity index (χ0v) is 11.3. The molecular weight excluding hydrogens is 254 g/mol. The van der Waals surface area contributed by atoms with Crippen LogP contribution in [0.15, 0.2) is 58.7 Å². The summed E-state index contributed by atoms with van der Waals surface area (Å²) in [5, 5.41) is 1.93. The average Bonchev–Trinajstić information content (AvgIpc) is 2.39. The second-order valence-electron chi connectivity index (χ2n) is 4.37. The quantitative estimate of drug-likeness (QED) is 0.568. The second-order valence-corrected chi connectivity index (χ2v) is 5.44. The van der Waals surface area contributed by atoms with E-state index in [2.05, 4.69) is 41.2 Å². The van der Waals surface area contributed by atoms with Gasteiger partial charge in [-0.25, -0.2) is 9.97 Å². The van der Waals surface area contributed by atoms with Crippen LogP contribution in [0.25, 0.3) is 10.9 Å². The number of nitrogens with zero attached hydrogens (tertiary/aromatic N) is 2. The Bertz CT molecular complexity index is 740. The molecule has 0 bridgehead atoms. The third-order valence-corrected chi connectivity index (χ3v) is 3.84. The molecule has 0 atom stereocenters. The Balaban J connectivity index is 2.07. The highest BCUT2D eigenvalue weighted by molar-refractivity contribution is 7.99. The fourth-order valence-corrected chi connectivity index (χ4v) is 2.91. The summed E-state index contributed by atoms with van der Waals surface area (Å²) in [7, 11) is 0. The lowest BCUT2D eigenvalue weighted by Crippen LogP contribution is -1.90. The lowest BCUT2D eigenvalue weighted by molar-refractivity contribution is 1.10. The molecule has 2 aromatic carbocycles. The smallest absolute Gasteiger partial charge is 0.117 e. The molecule has 1 heterocycles. The van der Waals surface area contributed by atoms with E-state index in [0.717, 1.165) is 21.6 Å². The third kappa shape index (κ3) is 2.53. The maximum absolute atomic E-state index is 5.85. The number of nitrogens with two attached hydrogens (primary N) is 1. The molecule has 3 aromatic rings. The van der Waals surface area contributed by atoms with Crippen LogP contribution < -0.4 is 5.73 Å². The molecule has 0 radical (unpaired) electrons. The van der Waals surface area contributed by atoms with E-state index in [1.165, 1.54) is 10.5 Å². The fourth-order valence-electron chi connectivity index (χ4n) is 1.92. The van der Waals surface area contributed by atoms with Gasteiger partial charge in [0.15, 0.2) is 0 Å². The minimum atomic E-state index is 0.730. The van der Waals surface area contributed by atoms with E-state index in [1.807, 2.05) is 18.2 Å². The van der Waals surface area contributed by atoms with Crippen LogP contribution in [-0.4, -0.2) is 9.97 Å². The molecule has 94 valence electrons. The van der Waals surface area contributed by atoms with Crippen LogP contribution in [0.4, 0.5) is 5.69 Å². The van der Waals surface area contributed by atoms with Crippen molar-refractivity contribution in [1.29, 1.82) is 0 Å². The van der Waals surface area contributed by atoms with Gasteiger partial charge < -0.3 is 5.73 Å². The highest BCUT2D eigenvalue weighted by Crippen LogP contribution is 2.32. The molecule has 4 heteroatoms. The number of fused-ring (bicyclic) bond motifs is 1. The van der Waals surface area contributed by atoms with Crippen molar-refractivity contribution in [2.24, 2.45) is 0 Å². The Morgan fingerprint density at radius 2 is 1.95 bits per heavy atom. The first-order chi connectivity index (χ1) is 9.22. The number of aryl methyl sites for hydroxylation is 1. The van der Waals surface area contributed by atoms with E-state index in [1.54, 1.807) is 18.1 Å². The number of anilines is 1. The van der Waals surface area contributed by atoms with Crippen molar-refractivity contribution < 1.29 is 0 Å². The van der Waals surface area contributed by atoms with Gasteiger partial charge in [-0.2, -0.15) is 0 Å². The van der Waals surface area contributed by atoms with Crippen molar-refractivity contribution in [2.75, 3.05) is 5.73 Å². The van der Waals surface area contributed by atoms with Gasteiger partial charge in [-0.05, 0) is 37.3 Å². The molecule has 0 aliphatic rings. The Morgan fingerprint density at radius 3 is 2.79 bits per heavy atom. The van der Waals surface area contributed by atoms with Gasteiger partial charge in [0.05, 0.1) is 5.52 Å². The van der Waals surface area contributed by atoms with Crippen molar-refractivity contribution in [3.8, 4) is 0 Å². The molecule has 19 heavy (non-hydrogen) atoms. The Morgan fingerprint density at radius 1 is 1.05 bits per heavy atom. The third-order valence-electron chi connectivity index (χ3n) is 2.83. The van der Waals surface area contributed by atoms with Gasteiger partial charge in [-0.3, -0.25) is 0 Å². The van der Waals surface area contributed by atoms with E-state index in [-0.39, 0.29) is 0 Å². The van der Waals surface area contributed by atoms with Crippen LogP contribution in [0.2, 0.25) is 0 Å². The lowest BCUT2D eigenvalue weighted by atomic mass is 10.2. The van der Waals surface area contributed by atoms with Crippen molar-refractivity contribution in [2.45, 2.75) is 16.8 Å². The molecule has 1 aromatic heterocycles. The molecule has 0 unspecified atom stereocenters. The van der Waals surface area contributed by atoms with Crippen molar-refractivity contribution in [3.63, 3.8) is 0 Å². The summed E-state index contributed by atoms with van der Waals surface area (Å²) in [6.45, 7) is 2.08. The van der Waals surface area contributed by atoms with E-state index < -0.39 is 0 Å². The van der Waals surface area contributed by atoms with Crippen LogP contribution >= 0.6 is 11.8 Å². The standard InChI is InChI=1S/C15H13N3S/c1-10-3-2-4-12(7-10)19-15-13-8-11(16)5-6-14(13)17-9-18-15/h2-9H,16H2,1H3. The summed E-state index contributed by atoms with van der Waals surface area (Å²) >= 11 is 1.63. The topological polar surface area (TPSA) is 51.8 Å². The molecule has 3 rings (SSSR count). The van der Waals surface area contributed by atoms with Gasteiger partial charge >= 0.3 is 0 Å². The fraction of sp³-hybridized carbons (Fsp3) is 0.0667. The number of hydrogen-bond acceptors (Lipinski definition) is 4. The zero-order chi connectivity index (χ0) is 13.2. The molecule has 2 N–H and O–H groups in total. The molecule has 0 saturated carbocycles. The van der Waals surface area contributed by atoms with Crippen molar-refractivity contribution in [3.05, 3.63) is 54.4 Å². The van der Waals surface area contributed by atoms with Gasteiger partial charge in [0.2, 0.25) is 0 Å². The highest BCUT2D eigenvalue weighted by Gasteiger charge is 2.06. The number of aromatic nitrogens is 2. The molecule has 3 nitrogen and oxygen atoms in total. The summed E-state index contributed by atoms with van der Waals surface area (Å²) in [6.07, 6.45) is 1.59. The minimum absolute atomic E-state index is 0.730. The number of rotatable bonds is 2. The molecule has 0 aliphatic carbocycles. The normalized spacial score (nSPS) is 10.8. The second kappa shape index (κ2) is 4.90. The lowest BCUT2D eigenvalue weighted by Gasteiger charge is -2.06. The summed E-state index contributed by atoms with van der Waals surface area (Å²) in [4.78, 5) is 9.80. The SMILES string of the molecule is Cc1cccc(Sc2ncnc3ccc(N)cc23)c1. The molecule has 0 fully saturated rings. The maximum atomic E-state index is 5.85. The first-order valence-corrected chi connectivity index (χ1v) is 6.79. The van der Waals surface area contributed by atoms with Crippen LogP contribution in [0.3, 0.4) is 0 Å². The average molecular weight is 267 g/mol. The van der Waals surface area contributed by atoms with E-state index >= 15 is 0 Å². The summed E-state index contributed by atoms with van der Waals surface area (Å²) in [5.41, 5.74) is 8.73. The number of benzene rings is 2. The van der Waals surface area contributed by atoms with Gasteiger partial charge in [0.1, 0.15) is 11.4 Å². The van der Waals surface area contributed by atoms with Crippen molar-refractivity contribution >= 4 is 28.4 Å². The minimum Gasteiger partial charge on any atom is -0.399 e. The Hall–Kier alpha value is -2.07. The van der Waals surface area contributed by atoms with Crippen molar-refractivity contribution in [1.82, 2.24) is 9.97 Å². The molecule has 0 aliphatic heterocycles. The number of nitrogen functional groups attached to an aromatic ring is 1. The van der Waals surface area contributed by atoms with Crippen LogP contribution in [-0.2, 0) is 0 Å². The first-order valence-electron chi connectivity index (χ1n) is 5.97. The van der Waals surface area contributed by atoms with Crippen LogP contribution in [0.1, 0.15) is 5.56 Å². The molecule has 0 spiro atoms. The largest absolute Gasteiger partial charge is 0.399 e. The maximum Gasteiger partial charge on any atom is 0.117 e. The highest BCUT2D eigenvalue weighted by atomic mass is 32.2. The predicted molar refractivity (Wildman–Crippen MR) is 79.3 cm³/mol. The van der Waals surface area contributed by atoms with Gasteiger partial charge in [0, 0.05) is 16.0 Å².